The van der Waals surface area contributed by atoms with Crippen molar-refractivity contribution in [2.45, 2.75) is 44.6 Å². The number of anilines is 1. The van der Waals surface area contributed by atoms with E-state index in [2.05, 4.69) is 20.6 Å². The summed E-state index contributed by atoms with van der Waals surface area (Å²) in [6.45, 7) is 1.24. The van der Waals surface area contributed by atoms with Crippen LogP contribution in [0.3, 0.4) is 0 Å². The lowest BCUT2D eigenvalue weighted by molar-refractivity contribution is 0.102. The second-order valence-corrected chi connectivity index (χ2v) is 5.95. The van der Waals surface area contributed by atoms with E-state index >= 15 is 0 Å². The summed E-state index contributed by atoms with van der Waals surface area (Å²) in [6.07, 6.45) is 7.98. The van der Waals surface area contributed by atoms with Gasteiger partial charge in [-0.3, -0.25) is 14.6 Å². The van der Waals surface area contributed by atoms with Gasteiger partial charge in [-0.1, -0.05) is 19.3 Å². The molecule has 2 aromatic rings. The molecule has 7 nitrogen and oxygen atoms in total. The van der Waals surface area contributed by atoms with Crippen molar-refractivity contribution in [3.63, 3.8) is 0 Å². The van der Waals surface area contributed by atoms with Crippen molar-refractivity contribution in [1.82, 2.24) is 20.0 Å². The van der Waals surface area contributed by atoms with Crippen LogP contribution in [0, 0.1) is 0 Å². The van der Waals surface area contributed by atoms with Crippen molar-refractivity contribution >= 4 is 11.7 Å². The first-order chi connectivity index (χ1) is 11.3. The lowest BCUT2D eigenvalue weighted by atomic mass is 9.87. The van der Waals surface area contributed by atoms with Crippen LogP contribution >= 0.6 is 0 Å². The van der Waals surface area contributed by atoms with E-state index < -0.39 is 0 Å². The minimum atomic E-state index is -0.236. The first-order valence-corrected chi connectivity index (χ1v) is 8.15. The molecule has 0 atom stereocenters. The summed E-state index contributed by atoms with van der Waals surface area (Å²) < 4.78 is 6.74. The fraction of sp³-hybridized carbons (Fsp3) is 0.562. The quantitative estimate of drug-likeness (QED) is 0.857. The molecule has 0 aliphatic heterocycles. The third-order valence-corrected chi connectivity index (χ3v) is 4.28. The Morgan fingerprint density at radius 1 is 1.43 bits per heavy atom. The molecule has 7 heteroatoms. The fourth-order valence-corrected chi connectivity index (χ4v) is 2.99. The van der Waals surface area contributed by atoms with Gasteiger partial charge in [0.25, 0.3) is 5.91 Å². The van der Waals surface area contributed by atoms with Crippen LogP contribution < -0.4 is 5.32 Å². The summed E-state index contributed by atoms with van der Waals surface area (Å²) in [4.78, 5) is 12.3. The summed E-state index contributed by atoms with van der Waals surface area (Å²) in [5.74, 6) is 0.791. The van der Waals surface area contributed by atoms with E-state index in [0.717, 1.165) is 5.69 Å². The van der Waals surface area contributed by atoms with Gasteiger partial charge in [0.1, 0.15) is 0 Å². The van der Waals surface area contributed by atoms with Crippen molar-refractivity contribution in [3.8, 4) is 0 Å². The predicted octanol–water partition coefficient (Wildman–Crippen LogP) is 2.55. The van der Waals surface area contributed by atoms with Gasteiger partial charge < -0.3 is 10.1 Å². The SMILES string of the molecule is COCCn1ccc(NC(=O)c2cc(C3CCCCC3)[nH]n2)n1. The zero-order valence-corrected chi connectivity index (χ0v) is 13.4. The van der Waals surface area contributed by atoms with Crippen LogP contribution in [0.1, 0.15) is 54.2 Å². The van der Waals surface area contributed by atoms with Crippen LogP contribution in [0.15, 0.2) is 18.3 Å². The predicted molar refractivity (Wildman–Crippen MR) is 86.5 cm³/mol. The van der Waals surface area contributed by atoms with Crippen LogP contribution in [-0.4, -0.2) is 39.6 Å². The van der Waals surface area contributed by atoms with Crippen molar-refractivity contribution in [1.29, 1.82) is 0 Å². The maximum atomic E-state index is 12.3. The molecule has 1 aliphatic rings. The topological polar surface area (TPSA) is 84.8 Å². The van der Waals surface area contributed by atoms with Gasteiger partial charge in [-0.15, -0.1) is 0 Å². The molecule has 0 saturated heterocycles. The molecule has 0 spiro atoms. The van der Waals surface area contributed by atoms with Gasteiger partial charge in [-0.25, -0.2) is 0 Å². The summed E-state index contributed by atoms with van der Waals surface area (Å²) in [5.41, 5.74) is 1.48. The minimum absolute atomic E-state index is 0.236. The third kappa shape index (κ3) is 3.98. The Labute approximate surface area is 135 Å². The lowest BCUT2D eigenvalue weighted by Crippen LogP contribution is -2.13. The van der Waals surface area contributed by atoms with Crippen molar-refractivity contribution < 1.29 is 9.53 Å². The van der Waals surface area contributed by atoms with Crippen LogP contribution in [0.2, 0.25) is 0 Å². The highest BCUT2D eigenvalue weighted by Crippen LogP contribution is 2.31. The number of amides is 1. The second kappa shape index (κ2) is 7.41. The second-order valence-electron chi connectivity index (χ2n) is 5.95. The van der Waals surface area contributed by atoms with Gasteiger partial charge in [0.15, 0.2) is 11.5 Å². The van der Waals surface area contributed by atoms with Crippen LogP contribution in [-0.2, 0) is 11.3 Å². The van der Waals surface area contributed by atoms with Crippen molar-refractivity contribution in [2.24, 2.45) is 0 Å². The van der Waals surface area contributed by atoms with E-state index in [9.17, 15) is 4.79 Å². The molecule has 1 saturated carbocycles. The Bertz CT molecular complexity index is 642. The van der Waals surface area contributed by atoms with E-state index in [1.165, 1.54) is 32.1 Å². The van der Waals surface area contributed by atoms with Crippen molar-refractivity contribution in [3.05, 3.63) is 29.7 Å². The molecule has 3 rings (SSSR count). The summed E-state index contributed by atoms with van der Waals surface area (Å²) in [6, 6.07) is 3.63. The number of aromatic amines is 1. The monoisotopic (exact) mass is 317 g/mol. The van der Waals surface area contributed by atoms with E-state index in [0.29, 0.717) is 30.6 Å². The molecule has 124 valence electrons. The highest BCUT2D eigenvalue weighted by Gasteiger charge is 2.20. The van der Waals surface area contributed by atoms with Crippen LogP contribution in [0.5, 0.6) is 0 Å². The first-order valence-electron chi connectivity index (χ1n) is 8.15. The van der Waals surface area contributed by atoms with Gasteiger partial charge in [0.05, 0.1) is 13.2 Å². The number of carbonyl (C=O) groups is 1. The molecule has 2 heterocycles. The van der Waals surface area contributed by atoms with Gasteiger partial charge >= 0.3 is 0 Å². The Morgan fingerprint density at radius 2 is 2.26 bits per heavy atom. The highest BCUT2D eigenvalue weighted by molar-refractivity contribution is 6.02. The van der Waals surface area contributed by atoms with Gasteiger partial charge in [-0.05, 0) is 18.9 Å². The summed E-state index contributed by atoms with van der Waals surface area (Å²) in [5, 5.41) is 14.2. The van der Waals surface area contributed by atoms with Gasteiger partial charge in [0.2, 0.25) is 0 Å². The third-order valence-electron chi connectivity index (χ3n) is 4.28. The number of ether oxygens (including phenoxy) is 1. The lowest BCUT2D eigenvalue weighted by Gasteiger charge is -2.19. The molecule has 0 aromatic carbocycles. The Kier molecular flexibility index (Phi) is 5.07. The Hall–Kier alpha value is -2.15. The number of nitrogens with one attached hydrogen (secondary N) is 2. The maximum Gasteiger partial charge on any atom is 0.277 e. The van der Waals surface area contributed by atoms with E-state index in [4.69, 9.17) is 4.74 Å². The first kappa shape index (κ1) is 15.7. The minimum Gasteiger partial charge on any atom is -0.383 e. The molecule has 0 unspecified atom stereocenters. The average Bonchev–Trinajstić information content (AvgIpc) is 3.23. The standard InChI is InChI=1S/C16H23N5O2/c1-23-10-9-21-8-7-15(20-21)17-16(22)14-11-13(18-19-14)12-5-3-2-4-6-12/h7-8,11-12H,2-6,9-10H2,1H3,(H,18,19)(H,17,20,22). The Morgan fingerprint density at radius 3 is 3.04 bits per heavy atom. The average molecular weight is 317 g/mol. The molecular formula is C16H23N5O2. The maximum absolute atomic E-state index is 12.3. The zero-order chi connectivity index (χ0) is 16.1. The molecule has 2 aromatic heterocycles. The van der Waals surface area contributed by atoms with E-state index in [1.54, 1.807) is 17.9 Å². The zero-order valence-electron chi connectivity index (χ0n) is 13.4. The largest absolute Gasteiger partial charge is 0.383 e. The van der Waals surface area contributed by atoms with Gasteiger partial charge in [-0.2, -0.15) is 10.2 Å². The Balaban J connectivity index is 1.59. The van der Waals surface area contributed by atoms with E-state index in [1.807, 2.05) is 12.3 Å². The van der Waals surface area contributed by atoms with Crippen LogP contribution in [0.4, 0.5) is 5.82 Å². The van der Waals surface area contributed by atoms with Crippen molar-refractivity contribution in [2.75, 3.05) is 19.0 Å². The summed E-state index contributed by atoms with van der Waals surface area (Å²) in [7, 11) is 1.65. The highest BCUT2D eigenvalue weighted by atomic mass is 16.5. The number of hydrogen-bond acceptors (Lipinski definition) is 4. The summed E-state index contributed by atoms with van der Waals surface area (Å²) >= 11 is 0. The molecule has 0 bridgehead atoms. The number of hydrogen-bond donors (Lipinski definition) is 2. The number of aromatic nitrogens is 4. The number of carbonyl (C=O) groups excluding carboxylic acids is 1. The molecule has 23 heavy (non-hydrogen) atoms. The van der Waals surface area contributed by atoms with E-state index in [-0.39, 0.29) is 5.91 Å². The molecule has 1 amide bonds. The smallest absolute Gasteiger partial charge is 0.277 e. The molecule has 1 fully saturated rings. The number of H-pyrrole nitrogens is 1. The normalized spacial score (nSPS) is 15.7. The van der Waals surface area contributed by atoms with Gasteiger partial charge in [0, 0.05) is 31.0 Å². The molecule has 1 aliphatic carbocycles. The molecule has 0 radical (unpaired) electrons. The molecule has 2 N–H and O–H groups in total. The van der Waals surface area contributed by atoms with Crippen LogP contribution in [0.25, 0.3) is 0 Å². The number of rotatable bonds is 6. The molecular weight excluding hydrogens is 294 g/mol. The number of nitrogens with zero attached hydrogens (tertiary/aromatic N) is 3. The fourth-order valence-electron chi connectivity index (χ4n) is 2.99. The number of methoxy groups -OCH3 is 1.